The predicted octanol–water partition coefficient (Wildman–Crippen LogP) is 3.23. The molecule has 0 radical (unpaired) electrons. The van der Waals surface area contributed by atoms with Crippen molar-refractivity contribution in [1.82, 2.24) is 9.21 Å². The number of nitriles is 1. The van der Waals surface area contributed by atoms with E-state index in [2.05, 4.69) is 0 Å². The minimum atomic E-state index is -3.64. The molecule has 0 spiro atoms. The Morgan fingerprint density at radius 2 is 1.65 bits per heavy atom. The number of hydrogen-bond donors (Lipinski definition) is 0. The molecule has 0 aromatic heterocycles. The van der Waals surface area contributed by atoms with E-state index in [1.165, 1.54) is 33.5 Å². The third-order valence-corrected chi connectivity index (χ3v) is 7.83. The van der Waals surface area contributed by atoms with Gasteiger partial charge in [0.25, 0.3) is 0 Å². The van der Waals surface area contributed by atoms with E-state index >= 15 is 0 Å². The molecule has 34 heavy (non-hydrogen) atoms. The van der Waals surface area contributed by atoms with Gasteiger partial charge >= 0.3 is 0 Å². The summed E-state index contributed by atoms with van der Waals surface area (Å²) in [5, 5.41) is 10.8. The zero-order valence-electron chi connectivity index (χ0n) is 18.6. The van der Waals surface area contributed by atoms with E-state index in [0.717, 1.165) is 10.8 Å². The van der Waals surface area contributed by atoms with E-state index < -0.39 is 15.8 Å². The molecule has 0 bridgehead atoms. The summed E-state index contributed by atoms with van der Waals surface area (Å²) in [5.74, 6) is -0.618. The van der Waals surface area contributed by atoms with Gasteiger partial charge in [-0.15, -0.1) is 0 Å². The van der Waals surface area contributed by atoms with Gasteiger partial charge in [-0.1, -0.05) is 30.3 Å². The van der Waals surface area contributed by atoms with Gasteiger partial charge in [-0.25, -0.2) is 12.8 Å². The molecule has 7 nitrogen and oxygen atoms in total. The summed E-state index contributed by atoms with van der Waals surface area (Å²) in [6.45, 7) is 1.67. The van der Waals surface area contributed by atoms with Crippen molar-refractivity contribution < 1.29 is 17.6 Å². The monoisotopic (exact) mass is 480 g/mol. The Bertz CT molecular complexity index is 1310. The molecule has 0 aliphatic carbocycles. The standard InChI is InChI=1S/C25H25FN4O3S/c26-22-7-9-23(10-8-22)30(13-3-12-27)25(31)19-28-14-16-29(17-15-28)34(32,33)24-11-6-20-4-1-2-5-21(20)18-24/h1-2,4-11,18H,3,13-17,19H2. The number of carbonyl (C=O) groups excluding carboxylic acids is 1. The van der Waals surface area contributed by atoms with Gasteiger partial charge < -0.3 is 4.90 Å². The average Bonchev–Trinajstić information content (AvgIpc) is 2.85. The predicted molar refractivity (Wildman–Crippen MR) is 128 cm³/mol. The van der Waals surface area contributed by atoms with Gasteiger partial charge in [0.1, 0.15) is 5.82 Å². The number of rotatable bonds is 7. The SMILES string of the molecule is N#CCCN(C(=O)CN1CCN(S(=O)(=O)c2ccc3ccccc3c2)CC1)c1ccc(F)cc1. The molecular formula is C25H25FN4O3S. The second-order valence-electron chi connectivity index (χ2n) is 8.12. The molecule has 9 heteroatoms. The van der Waals surface area contributed by atoms with Crippen molar-refractivity contribution in [3.05, 3.63) is 72.5 Å². The van der Waals surface area contributed by atoms with E-state index in [1.807, 2.05) is 41.3 Å². The van der Waals surface area contributed by atoms with Crippen LogP contribution in [-0.4, -0.2) is 62.8 Å². The van der Waals surface area contributed by atoms with Crippen LogP contribution in [0.5, 0.6) is 0 Å². The van der Waals surface area contributed by atoms with Crippen molar-refractivity contribution in [2.24, 2.45) is 0 Å². The molecule has 0 saturated carbocycles. The van der Waals surface area contributed by atoms with Crippen molar-refractivity contribution in [1.29, 1.82) is 5.26 Å². The second kappa shape index (κ2) is 10.3. The van der Waals surface area contributed by atoms with E-state index in [-0.39, 0.29) is 43.4 Å². The molecule has 1 amide bonds. The average molecular weight is 481 g/mol. The Kier molecular flexibility index (Phi) is 7.22. The quantitative estimate of drug-likeness (QED) is 0.518. The van der Waals surface area contributed by atoms with Gasteiger partial charge in [-0.05, 0) is 47.2 Å². The number of nitrogens with zero attached hydrogens (tertiary/aromatic N) is 4. The normalized spacial score (nSPS) is 15.2. The first-order valence-corrected chi connectivity index (χ1v) is 12.5. The number of anilines is 1. The zero-order chi connectivity index (χ0) is 24.1. The van der Waals surface area contributed by atoms with Gasteiger partial charge in [0, 0.05) is 38.4 Å². The van der Waals surface area contributed by atoms with Crippen LogP contribution in [-0.2, 0) is 14.8 Å². The number of carbonyl (C=O) groups is 1. The zero-order valence-corrected chi connectivity index (χ0v) is 19.4. The van der Waals surface area contributed by atoms with E-state index in [1.54, 1.807) is 12.1 Å². The third kappa shape index (κ3) is 5.25. The third-order valence-electron chi connectivity index (χ3n) is 5.94. The van der Waals surface area contributed by atoms with Gasteiger partial charge in [0.05, 0.1) is 23.9 Å². The van der Waals surface area contributed by atoms with Crippen molar-refractivity contribution in [3.8, 4) is 6.07 Å². The van der Waals surface area contributed by atoms with Crippen LogP contribution in [0.15, 0.2) is 71.6 Å². The maximum Gasteiger partial charge on any atom is 0.243 e. The molecule has 4 rings (SSSR count). The van der Waals surface area contributed by atoms with Gasteiger partial charge in [0.15, 0.2) is 0 Å². The summed E-state index contributed by atoms with van der Waals surface area (Å²) in [7, 11) is -3.64. The maximum atomic E-state index is 13.3. The van der Waals surface area contributed by atoms with Crippen LogP contribution in [0.3, 0.4) is 0 Å². The maximum absolute atomic E-state index is 13.3. The lowest BCUT2D eigenvalue weighted by Crippen LogP contribution is -2.51. The Labute approximate surface area is 198 Å². The summed E-state index contributed by atoms with van der Waals surface area (Å²) >= 11 is 0. The number of hydrogen-bond acceptors (Lipinski definition) is 5. The largest absolute Gasteiger partial charge is 0.310 e. The van der Waals surface area contributed by atoms with Crippen LogP contribution in [0, 0.1) is 17.1 Å². The highest BCUT2D eigenvalue weighted by Crippen LogP contribution is 2.23. The smallest absolute Gasteiger partial charge is 0.243 e. The Balaban J connectivity index is 1.40. The van der Waals surface area contributed by atoms with Crippen LogP contribution in [0.25, 0.3) is 10.8 Å². The lowest BCUT2D eigenvalue weighted by Gasteiger charge is -2.34. The van der Waals surface area contributed by atoms with Gasteiger partial charge in [-0.2, -0.15) is 9.57 Å². The second-order valence-corrected chi connectivity index (χ2v) is 10.1. The lowest BCUT2D eigenvalue weighted by molar-refractivity contribution is -0.120. The molecule has 1 aliphatic rings. The van der Waals surface area contributed by atoms with Crippen molar-refractivity contribution in [3.63, 3.8) is 0 Å². The van der Waals surface area contributed by atoms with Crippen LogP contribution >= 0.6 is 0 Å². The van der Waals surface area contributed by atoms with E-state index in [0.29, 0.717) is 18.8 Å². The molecule has 3 aromatic rings. The van der Waals surface area contributed by atoms with Gasteiger partial charge in [-0.3, -0.25) is 9.69 Å². The fourth-order valence-corrected chi connectivity index (χ4v) is 5.52. The molecule has 3 aromatic carbocycles. The first kappa shape index (κ1) is 23.8. The Morgan fingerprint density at radius 1 is 0.971 bits per heavy atom. The molecule has 176 valence electrons. The number of halogens is 1. The first-order valence-electron chi connectivity index (χ1n) is 11.0. The number of sulfonamides is 1. The summed E-state index contributed by atoms with van der Waals surface area (Å²) in [6, 6.07) is 20.3. The van der Waals surface area contributed by atoms with Crippen molar-refractivity contribution in [2.45, 2.75) is 11.3 Å². The van der Waals surface area contributed by atoms with E-state index in [9.17, 15) is 17.6 Å². The van der Waals surface area contributed by atoms with E-state index in [4.69, 9.17) is 5.26 Å². The summed E-state index contributed by atoms with van der Waals surface area (Å²) < 4.78 is 41.1. The van der Waals surface area contributed by atoms with Crippen LogP contribution < -0.4 is 4.90 Å². The minimum absolute atomic E-state index is 0.0899. The lowest BCUT2D eigenvalue weighted by atomic mass is 10.1. The molecule has 0 unspecified atom stereocenters. The molecular weight excluding hydrogens is 455 g/mol. The highest BCUT2D eigenvalue weighted by molar-refractivity contribution is 7.89. The van der Waals surface area contributed by atoms with Gasteiger partial charge in [0.2, 0.25) is 15.9 Å². The molecule has 0 atom stereocenters. The number of piperazine rings is 1. The first-order chi connectivity index (χ1) is 16.4. The van der Waals surface area contributed by atoms with Crippen molar-refractivity contribution >= 4 is 32.4 Å². The number of amides is 1. The van der Waals surface area contributed by atoms with Crippen LogP contribution in [0.4, 0.5) is 10.1 Å². The molecule has 1 saturated heterocycles. The topological polar surface area (TPSA) is 84.7 Å². The molecule has 0 N–H and O–H groups in total. The van der Waals surface area contributed by atoms with Crippen LogP contribution in [0.2, 0.25) is 0 Å². The fourth-order valence-electron chi connectivity index (χ4n) is 4.06. The van der Waals surface area contributed by atoms with Crippen molar-refractivity contribution in [2.75, 3.05) is 44.2 Å². The summed E-state index contributed by atoms with van der Waals surface area (Å²) in [5.41, 5.74) is 0.527. The molecule has 1 heterocycles. The summed E-state index contributed by atoms with van der Waals surface area (Å²) in [4.78, 5) is 16.6. The Hall–Kier alpha value is -3.32. The highest BCUT2D eigenvalue weighted by Gasteiger charge is 2.30. The minimum Gasteiger partial charge on any atom is -0.310 e. The molecule has 1 fully saturated rings. The summed E-state index contributed by atoms with van der Waals surface area (Å²) in [6.07, 6.45) is 0.154. The van der Waals surface area contributed by atoms with Crippen LogP contribution in [0.1, 0.15) is 6.42 Å². The number of benzene rings is 3. The Morgan fingerprint density at radius 3 is 2.32 bits per heavy atom. The fraction of sp³-hybridized carbons (Fsp3) is 0.280. The highest BCUT2D eigenvalue weighted by atomic mass is 32.2. The molecule has 1 aliphatic heterocycles. The number of fused-ring (bicyclic) bond motifs is 1.